The zero-order chi connectivity index (χ0) is 13.7. The number of hydrogen-bond acceptors (Lipinski definition) is 3. The van der Waals surface area contributed by atoms with Crippen molar-refractivity contribution in [1.82, 2.24) is 9.78 Å². The van der Waals surface area contributed by atoms with E-state index < -0.39 is 0 Å². The van der Waals surface area contributed by atoms with E-state index in [1.807, 2.05) is 6.07 Å². The van der Waals surface area contributed by atoms with Crippen LogP contribution in [0.1, 0.15) is 11.1 Å². The van der Waals surface area contributed by atoms with E-state index in [1.165, 1.54) is 6.08 Å². The Balaban J connectivity index is 2.06. The van der Waals surface area contributed by atoms with Crippen LogP contribution in [0.15, 0.2) is 42.6 Å². The third-order valence-electron chi connectivity index (χ3n) is 2.46. The van der Waals surface area contributed by atoms with E-state index in [9.17, 15) is 4.79 Å². The summed E-state index contributed by atoms with van der Waals surface area (Å²) >= 11 is 0. The number of rotatable bonds is 3. The lowest BCUT2D eigenvalue weighted by Crippen LogP contribution is -2.08. The molecular formula is C14H12N4O. The van der Waals surface area contributed by atoms with Crippen LogP contribution >= 0.6 is 0 Å². The topological polar surface area (TPSA) is 70.7 Å². The maximum absolute atomic E-state index is 11.7. The summed E-state index contributed by atoms with van der Waals surface area (Å²) in [5.41, 5.74) is 1.24. The van der Waals surface area contributed by atoms with Crippen LogP contribution in [-0.2, 0) is 11.8 Å². The summed E-state index contributed by atoms with van der Waals surface area (Å²) in [4.78, 5) is 11.7. The molecule has 5 nitrogen and oxygen atoms in total. The number of amides is 1. The van der Waals surface area contributed by atoms with E-state index in [1.54, 1.807) is 48.3 Å². The summed E-state index contributed by atoms with van der Waals surface area (Å²) < 4.78 is 1.60. The summed E-state index contributed by atoms with van der Waals surface area (Å²) in [6.07, 6.45) is 4.73. The third-order valence-corrected chi connectivity index (χ3v) is 2.46. The second kappa shape index (κ2) is 5.65. The fourth-order valence-corrected chi connectivity index (χ4v) is 1.56. The molecule has 1 aromatic heterocycles. The van der Waals surface area contributed by atoms with Crippen molar-refractivity contribution in [2.24, 2.45) is 7.05 Å². The second-order valence-electron chi connectivity index (χ2n) is 3.90. The van der Waals surface area contributed by atoms with Gasteiger partial charge in [-0.25, -0.2) is 0 Å². The van der Waals surface area contributed by atoms with Crippen LogP contribution in [0.4, 0.5) is 5.82 Å². The largest absolute Gasteiger partial charge is 0.306 e. The summed E-state index contributed by atoms with van der Waals surface area (Å²) in [5.74, 6) is 0.206. The van der Waals surface area contributed by atoms with Crippen molar-refractivity contribution < 1.29 is 4.79 Å². The highest BCUT2D eigenvalue weighted by Crippen LogP contribution is 2.09. The van der Waals surface area contributed by atoms with Gasteiger partial charge in [-0.15, -0.1) is 0 Å². The normalized spacial score (nSPS) is 10.3. The third kappa shape index (κ3) is 3.30. The molecule has 0 saturated carbocycles. The van der Waals surface area contributed by atoms with Gasteiger partial charge in [-0.1, -0.05) is 18.2 Å². The molecule has 5 heteroatoms. The molecule has 0 aliphatic carbocycles. The first-order valence-electron chi connectivity index (χ1n) is 5.67. The monoisotopic (exact) mass is 252 g/mol. The highest BCUT2D eigenvalue weighted by molar-refractivity contribution is 6.01. The molecule has 19 heavy (non-hydrogen) atoms. The van der Waals surface area contributed by atoms with E-state index in [0.717, 1.165) is 0 Å². The van der Waals surface area contributed by atoms with E-state index >= 15 is 0 Å². The molecule has 0 saturated heterocycles. The fraction of sp³-hybridized carbons (Fsp3) is 0.0714. The lowest BCUT2D eigenvalue weighted by molar-refractivity contribution is -0.111. The number of nitriles is 1. The van der Waals surface area contributed by atoms with Gasteiger partial charge < -0.3 is 5.32 Å². The Morgan fingerprint density at radius 2 is 2.21 bits per heavy atom. The van der Waals surface area contributed by atoms with Crippen LogP contribution in [0.2, 0.25) is 0 Å². The quantitative estimate of drug-likeness (QED) is 0.848. The van der Waals surface area contributed by atoms with Crippen molar-refractivity contribution in [2.45, 2.75) is 0 Å². The average Bonchev–Trinajstić information content (AvgIpc) is 2.82. The Labute approximate surface area is 110 Å². The van der Waals surface area contributed by atoms with Crippen molar-refractivity contribution in [3.05, 3.63) is 53.7 Å². The first kappa shape index (κ1) is 12.6. The number of aryl methyl sites for hydroxylation is 1. The van der Waals surface area contributed by atoms with Crippen molar-refractivity contribution in [2.75, 3.05) is 5.32 Å². The first-order valence-corrected chi connectivity index (χ1v) is 5.67. The standard InChI is InChI=1S/C14H12N4O/c1-18-9-8-13(17-18)16-14(19)7-6-11-4-2-3-5-12(11)10-15/h2-9H,1H3,(H,16,17,19)/b7-6+. The van der Waals surface area contributed by atoms with Crippen LogP contribution < -0.4 is 5.32 Å². The SMILES string of the molecule is Cn1ccc(NC(=O)/C=C/c2ccccc2C#N)n1. The maximum atomic E-state index is 11.7. The Morgan fingerprint density at radius 3 is 2.89 bits per heavy atom. The van der Waals surface area contributed by atoms with Crippen molar-refractivity contribution >= 4 is 17.8 Å². The Morgan fingerprint density at radius 1 is 1.42 bits per heavy atom. The van der Waals surface area contributed by atoms with E-state index in [0.29, 0.717) is 16.9 Å². The highest BCUT2D eigenvalue weighted by Gasteiger charge is 2.01. The molecule has 2 aromatic rings. The van der Waals surface area contributed by atoms with Crippen LogP contribution in [0.25, 0.3) is 6.08 Å². The van der Waals surface area contributed by atoms with Gasteiger partial charge >= 0.3 is 0 Å². The molecule has 94 valence electrons. The van der Waals surface area contributed by atoms with Gasteiger partial charge in [0, 0.05) is 25.4 Å². The number of benzene rings is 1. The molecule has 0 bridgehead atoms. The minimum atomic E-state index is -0.286. The van der Waals surface area contributed by atoms with Crippen LogP contribution in [0, 0.1) is 11.3 Å². The molecule has 0 aliphatic heterocycles. The molecule has 2 rings (SSSR count). The van der Waals surface area contributed by atoms with Crippen molar-refractivity contribution in [1.29, 1.82) is 5.26 Å². The van der Waals surface area contributed by atoms with Gasteiger partial charge in [-0.2, -0.15) is 10.4 Å². The zero-order valence-corrected chi connectivity index (χ0v) is 10.4. The lowest BCUT2D eigenvalue weighted by Gasteiger charge is -1.98. The van der Waals surface area contributed by atoms with Gasteiger partial charge in [-0.05, 0) is 17.7 Å². The summed E-state index contributed by atoms with van der Waals surface area (Å²) in [6.45, 7) is 0. The smallest absolute Gasteiger partial charge is 0.249 e. The Bertz CT molecular complexity index is 664. The molecule has 0 spiro atoms. The number of nitrogens with one attached hydrogen (secondary N) is 1. The molecule has 1 N–H and O–H groups in total. The second-order valence-corrected chi connectivity index (χ2v) is 3.90. The Hall–Kier alpha value is -2.87. The molecular weight excluding hydrogens is 240 g/mol. The fourth-order valence-electron chi connectivity index (χ4n) is 1.56. The number of aromatic nitrogens is 2. The molecule has 1 aromatic carbocycles. The van der Waals surface area contributed by atoms with E-state index in [4.69, 9.17) is 5.26 Å². The van der Waals surface area contributed by atoms with Crippen LogP contribution in [0.5, 0.6) is 0 Å². The van der Waals surface area contributed by atoms with Crippen molar-refractivity contribution in [3.63, 3.8) is 0 Å². The number of hydrogen-bond donors (Lipinski definition) is 1. The lowest BCUT2D eigenvalue weighted by atomic mass is 10.1. The first-order chi connectivity index (χ1) is 9.19. The predicted molar refractivity (Wildman–Crippen MR) is 72.0 cm³/mol. The van der Waals surface area contributed by atoms with E-state index in [-0.39, 0.29) is 5.91 Å². The minimum Gasteiger partial charge on any atom is -0.306 e. The highest BCUT2D eigenvalue weighted by atomic mass is 16.1. The maximum Gasteiger partial charge on any atom is 0.249 e. The molecule has 0 atom stereocenters. The number of carbonyl (C=O) groups is 1. The van der Waals surface area contributed by atoms with Gasteiger partial charge in [0.15, 0.2) is 5.82 Å². The zero-order valence-electron chi connectivity index (χ0n) is 10.4. The van der Waals surface area contributed by atoms with Gasteiger partial charge in [0.2, 0.25) is 5.91 Å². The summed E-state index contributed by atoms with van der Waals surface area (Å²) in [5, 5.41) is 15.6. The van der Waals surface area contributed by atoms with Gasteiger partial charge in [0.1, 0.15) is 0 Å². The van der Waals surface area contributed by atoms with Crippen LogP contribution in [0.3, 0.4) is 0 Å². The van der Waals surface area contributed by atoms with E-state index in [2.05, 4.69) is 16.5 Å². The summed E-state index contributed by atoms with van der Waals surface area (Å²) in [6, 6.07) is 10.9. The van der Waals surface area contributed by atoms with Crippen LogP contribution in [-0.4, -0.2) is 15.7 Å². The average molecular weight is 252 g/mol. The van der Waals surface area contributed by atoms with Gasteiger partial charge in [-0.3, -0.25) is 9.48 Å². The number of anilines is 1. The number of carbonyl (C=O) groups excluding carboxylic acids is 1. The Kier molecular flexibility index (Phi) is 3.74. The molecule has 1 amide bonds. The molecule has 0 unspecified atom stereocenters. The molecule has 0 radical (unpaired) electrons. The predicted octanol–water partition coefficient (Wildman–Crippen LogP) is 1.94. The van der Waals surface area contributed by atoms with Crippen molar-refractivity contribution in [3.8, 4) is 6.07 Å². The van der Waals surface area contributed by atoms with Gasteiger partial charge in [0.05, 0.1) is 11.6 Å². The minimum absolute atomic E-state index is 0.286. The summed E-state index contributed by atoms with van der Waals surface area (Å²) in [7, 11) is 1.77. The molecule has 1 heterocycles. The molecule has 0 fully saturated rings. The van der Waals surface area contributed by atoms with Gasteiger partial charge in [0.25, 0.3) is 0 Å². The molecule has 0 aliphatic rings. The number of nitrogens with zero attached hydrogens (tertiary/aromatic N) is 3.